The Labute approximate surface area is 217 Å². The normalized spacial score (nSPS) is 13.2. The zero-order chi connectivity index (χ0) is 28.1. The number of hydrogen-bond acceptors (Lipinski definition) is 12. The first-order valence-corrected chi connectivity index (χ1v) is 11.6. The molecule has 12 N–H and O–H groups in total. The Balaban J connectivity index is -0.000000557. The molecule has 0 radical (unpaired) electrons. The van der Waals surface area contributed by atoms with Crippen LogP contribution in [0.4, 0.5) is 0 Å². The number of nitrogens with one attached hydrogen (secondary N) is 2. The molecule has 18 heteroatoms. The number of rotatable bonds is 14. The Kier molecular flexibility index (Phi) is 23.7. The van der Waals surface area contributed by atoms with E-state index in [1.165, 1.54) is 0 Å². The van der Waals surface area contributed by atoms with Crippen molar-refractivity contribution in [2.24, 2.45) is 17.2 Å². The fourth-order valence-electron chi connectivity index (χ4n) is 1.50. The van der Waals surface area contributed by atoms with Crippen molar-refractivity contribution in [3.63, 3.8) is 0 Å². The van der Waals surface area contributed by atoms with Crippen LogP contribution in [0.5, 0.6) is 0 Å². The van der Waals surface area contributed by atoms with Gasteiger partial charge in [-0.25, -0.2) is 0 Å². The van der Waals surface area contributed by atoms with E-state index in [0.717, 1.165) is 0 Å². The summed E-state index contributed by atoms with van der Waals surface area (Å²) < 4.78 is 0. The number of thiol groups is 3. The molecule has 0 spiro atoms. The first-order chi connectivity index (χ1) is 16.1. The molecule has 4 unspecified atom stereocenters. The zero-order valence-electron chi connectivity index (χ0n) is 18.6. The summed E-state index contributed by atoms with van der Waals surface area (Å²) in [6, 6.07) is -3.71. The molecule has 0 rings (SSSR count). The topological polar surface area (TPSA) is 285 Å². The molecule has 0 saturated heterocycles. The van der Waals surface area contributed by atoms with Crippen molar-refractivity contribution in [3.8, 4) is 0 Å². The molecular formula is C17H33N5O10S3. The number of carbonyl (C=O) groups excluding carboxylic acids is 2. The molecule has 0 aromatic rings. The molecule has 0 aliphatic carbocycles. The summed E-state index contributed by atoms with van der Waals surface area (Å²) in [6.45, 7) is -0.567. The van der Waals surface area contributed by atoms with Crippen molar-refractivity contribution in [1.29, 1.82) is 0 Å². The Morgan fingerprint density at radius 2 is 1.17 bits per heavy atom. The van der Waals surface area contributed by atoms with Crippen LogP contribution >= 0.6 is 37.9 Å². The molecule has 15 nitrogen and oxygen atoms in total. The van der Waals surface area contributed by atoms with Crippen molar-refractivity contribution in [1.82, 2.24) is 10.6 Å². The second kappa shape index (κ2) is 22.2. The van der Waals surface area contributed by atoms with Gasteiger partial charge in [0.05, 0.1) is 0 Å². The maximum atomic E-state index is 11.5. The van der Waals surface area contributed by atoms with Crippen LogP contribution in [0.3, 0.4) is 0 Å². The average molecular weight is 564 g/mol. The highest BCUT2D eigenvalue weighted by Gasteiger charge is 2.21. The number of hydrogen-bond donors (Lipinski definition) is 12. The van der Waals surface area contributed by atoms with E-state index in [1.807, 2.05) is 0 Å². The van der Waals surface area contributed by atoms with Crippen molar-refractivity contribution in [2.45, 2.75) is 43.4 Å². The van der Waals surface area contributed by atoms with Gasteiger partial charge in [-0.3, -0.25) is 28.8 Å². The Hall–Kier alpha value is -2.25. The average Bonchev–Trinajstić information content (AvgIpc) is 2.79. The third-order valence-corrected chi connectivity index (χ3v) is 4.54. The van der Waals surface area contributed by atoms with Crippen molar-refractivity contribution in [2.75, 3.05) is 23.8 Å². The van der Waals surface area contributed by atoms with E-state index in [1.54, 1.807) is 0 Å². The second-order valence-corrected chi connectivity index (χ2v) is 7.66. The minimum Gasteiger partial charge on any atom is -0.480 e. The minimum absolute atomic E-state index is 0.0256. The summed E-state index contributed by atoms with van der Waals surface area (Å²) >= 11 is 11.3. The van der Waals surface area contributed by atoms with Gasteiger partial charge >= 0.3 is 23.9 Å². The summed E-state index contributed by atoms with van der Waals surface area (Å²) in [5.41, 5.74) is 15.2. The van der Waals surface area contributed by atoms with E-state index >= 15 is 0 Å². The molecule has 0 bridgehead atoms. The van der Waals surface area contributed by atoms with Crippen LogP contribution in [0, 0.1) is 0 Å². The van der Waals surface area contributed by atoms with Gasteiger partial charge in [0, 0.05) is 17.9 Å². The third-order valence-electron chi connectivity index (χ3n) is 3.52. The van der Waals surface area contributed by atoms with E-state index < -0.39 is 66.4 Å². The smallest absolute Gasteiger partial charge is 0.322 e. The molecule has 35 heavy (non-hydrogen) atoms. The van der Waals surface area contributed by atoms with Gasteiger partial charge in [-0.15, -0.1) is 0 Å². The number of amides is 2. The molecule has 4 atom stereocenters. The molecular weight excluding hydrogens is 530 g/mol. The SMILES string of the molecule is NC(CCC(=O)NC(CS)C(=O)NCC(=O)O)C(=O)O.NC(CCS)C(=O)O.NC(CS)C(=O)O. The Bertz CT molecular complexity index is 701. The van der Waals surface area contributed by atoms with Gasteiger partial charge in [0.1, 0.15) is 30.7 Å². The third kappa shape index (κ3) is 23.3. The minimum atomic E-state index is -1.22. The standard InChI is InChI=1S/C10H17N3O6S.C4H9NO2S.C3H7NO2S/c11-5(10(18)19)1-2-7(14)13-6(4-20)9(17)12-3-8(15)16;5-3(1-2-8)4(6)7;4-2(1-7)3(5)6/h5-6,20H,1-4,11H2,(H,12,17)(H,13,14)(H,15,16)(H,18,19);3,8H,1-2,5H2,(H,6,7);2,7H,1,4H2,(H,5,6). The summed E-state index contributed by atoms with van der Waals surface area (Å²) in [4.78, 5) is 63.4. The lowest BCUT2D eigenvalue weighted by Gasteiger charge is -2.16. The molecule has 0 aromatic heterocycles. The Morgan fingerprint density at radius 1 is 0.714 bits per heavy atom. The molecule has 204 valence electrons. The van der Waals surface area contributed by atoms with E-state index in [9.17, 15) is 28.8 Å². The summed E-state index contributed by atoms with van der Waals surface area (Å²) in [6.07, 6.45) is 0.194. The van der Waals surface area contributed by atoms with Crippen LogP contribution in [0.1, 0.15) is 19.3 Å². The van der Waals surface area contributed by atoms with Gasteiger partial charge in [0.2, 0.25) is 11.8 Å². The quantitative estimate of drug-likeness (QED) is 0.0930. The number of carbonyl (C=O) groups is 6. The van der Waals surface area contributed by atoms with Gasteiger partial charge in [-0.2, -0.15) is 37.9 Å². The molecule has 2 amide bonds. The van der Waals surface area contributed by atoms with E-state index in [-0.39, 0.29) is 24.3 Å². The van der Waals surface area contributed by atoms with Crippen LogP contribution in [0.15, 0.2) is 0 Å². The maximum Gasteiger partial charge on any atom is 0.322 e. The van der Waals surface area contributed by atoms with Crippen molar-refractivity contribution < 1.29 is 49.2 Å². The monoisotopic (exact) mass is 563 g/mol. The van der Waals surface area contributed by atoms with Gasteiger partial charge in [-0.05, 0) is 18.6 Å². The first kappa shape index (κ1) is 37.3. The van der Waals surface area contributed by atoms with Gasteiger partial charge in [0.15, 0.2) is 0 Å². The van der Waals surface area contributed by atoms with Crippen molar-refractivity contribution in [3.05, 3.63) is 0 Å². The van der Waals surface area contributed by atoms with Crippen LogP contribution in [0.2, 0.25) is 0 Å². The highest BCUT2D eigenvalue weighted by atomic mass is 32.1. The van der Waals surface area contributed by atoms with Crippen LogP contribution in [0.25, 0.3) is 0 Å². The van der Waals surface area contributed by atoms with E-state index in [0.29, 0.717) is 12.2 Å². The van der Waals surface area contributed by atoms with E-state index in [2.05, 4.69) is 48.5 Å². The summed E-state index contributed by atoms with van der Waals surface area (Å²) in [5, 5.41) is 37.5. The molecule has 0 fully saturated rings. The van der Waals surface area contributed by atoms with Crippen molar-refractivity contribution >= 4 is 73.6 Å². The zero-order valence-corrected chi connectivity index (χ0v) is 21.3. The molecule has 0 heterocycles. The molecule has 0 aliphatic rings. The van der Waals surface area contributed by atoms with Crippen LogP contribution in [-0.4, -0.2) is 104 Å². The lowest BCUT2D eigenvalue weighted by Crippen LogP contribution is -2.49. The lowest BCUT2D eigenvalue weighted by molar-refractivity contribution is -0.139. The Morgan fingerprint density at radius 3 is 1.46 bits per heavy atom. The van der Waals surface area contributed by atoms with Gasteiger partial charge < -0.3 is 48.3 Å². The predicted molar refractivity (Wildman–Crippen MR) is 135 cm³/mol. The number of nitrogens with two attached hydrogens (primary N) is 3. The summed E-state index contributed by atoms with van der Waals surface area (Å²) in [5.74, 6) is -4.96. The number of aliphatic carboxylic acids is 4. The van der Waals surface area contributed by atoms with E-state index in [4.69, 9.17) is 37.6 Å². The number of carboxylic acid groups (broad SMARTS) is 4. The fourth-order valence-corrected chi connectivity index (χ4v) is 2.19. The molecule has 0 aliphatic heterocycles. The fraction of sp³-hybridized carbons (Fsp3) is 0.647. The largest absolute Gasteiger partial charge is 0.480 e. The highest BCUT2D eigenvalue weighted by Crippen LogP contribution is 1.97. The van der Waals surface area contributed by atoms with Crippen LogP contribution < -0.4 is 27.8 Å². The van der Waals surface area contributed by atoms with Crippen LogP contribution in [-0.2, 0) is 28.8 Å². The molecule has 0 saturated carbocycles. The predicted octanol–water partition coefficient (Wildman–Crippen LogP) is -3.16. The second-order valence-electron chi connectivity index (χ2n) is 6.48. The molecule has 0 aromatic carbocycles. The van der Waals surface area contributed by atoms with Gasteiger partial charge in [0.25, 0.3) is 0 Å². The lowest BCUT2D eigenvalue weighted by atomic mass is 10.1. The number of carboxylic acids is 4. The first-order valence-electron chi connectivity index (χ1n) is 9.70. The maximum absolute atomic E-state index is 11.5. The highest BCUT2D eigenvalue weighted by molar-refractivity contribution is 7.80. The summed E-state index contributed by atoms with van der Waals surface area (Å²) in [7, 11) is 0. The van der Waals surface area contributed by atoms with Gasteiger partial charge in [-0.1, -0.05) is 0 Å².